The fourth-order valence-electron chi connectivity index (χ4n) is 6.87. The van der Waals surface area contributed by atoms with Crippen molar-refractivity contribution in [2.24, 2.45) is 0 Å². The number of rotatable bonds is 10. The maximum Gasteiger partial charge on any atom is 0.182 e. The zero-order chi connectivity index (χ0) is 34.1. The summed E-state index contributed by atoms with van der Waals surface area (Å²) in [5.41, 5.74) is 5.78. The lowest BCUT2D eigenvalue weighted by atomic mass is 9.71. The Morgan fingerprint density at radius 1 is 0.700 bits per heavy atom. The summed E-state index contributed by atoms with van der Waals surface area (Å²) in [5.74, 6) is 1.21. The van der Waals surface area contributed by atoms with Crippen molar-refractivity contribution in [3.05, 3.63) is 173 Å². The third-order valence-electron chi connectivity index (χ3n) is 9.38. The number of nitrogens with one attached hydrogen (secondary N) is 1. The first-order valence-corrected chi connectivity index (χ1v) is 16.4. The van der Waals surface area contributed by atoms with Gasteiger partial charge >= 0.3 is 0 Å². The lowest BCUT2D eigenvalue weighted by Crippen LogP contribution is -2.41. The van der Waals surface area contributed by atoms with E-state index >= 15 is 0 Å². The fourth-order valence-corrected chi connectivity index (χ4v) is 6.87. The highest BCUT2D eigenvalue weighted by molar-refractivity contribution is 6.34. The molecule has 0 spiro atoms. The summed E-state index contributed by atoms with van der Waals surface area (Å²) in [4.78, 5) is 46.5. The molecule has 1 atom stereocenters. The zero-order valence-electron chi connectivity index (χ0n) is 27.3. The number of hydrogen-bond acceptors (Lipinski definition) is 7. The molecule has 1 unspecified atom stereocenters. The van der Waals surface area contributed by atoms with Gasteiger partial charge in [-0.15, -0.1) is 0 Å². The first-order valence-electron chi connectivity index (χ1n) is 16.4. The standard InChI is InChI=1S/C42H32N4O4/c1-49-36-16-15-35(38-39(36)46-37(45-38)22-27-9-11-30(12-10-27)31-8-5-19-44-25-31)42(24-28-17-20-43-21-18-28)40(47)33-14-13-32(23-34(33)41(42)48)50-26-29-6-3-2-4-7-29/h2-21,23,25H,22,24,26H2,1H3,(H,45,46). The summed E-state index contributed by atoms with van der Waals surface area (Å²) >= 11 is 0. The molecule has 8 rings (SSSR count). The summed E-state index contributed by atoms with van der Waals surface area (Å²) in [6.07, 6.45) is 7.59. The molecule has 3 heterocycles. The molecule has 1 aliphatic rings. The number of nitrogens with zero attached hydrogens (tertiary/aromatic N) is 3. The largest absolute Gasteiger partial charge is 0.494 e. The molecular formula is C42H32N4O4. The van der Waals surface area contributed by atoms with E-state index < -0.39 is 5.41 Å². The van der Waals surface area contributed by atoms with Gasteiger partial charge in [0.05, 0.1) is 12.6 Å². The van der Waals surface area contributed by atoms with E-state index in [0.29, 0.717) is 58.1 Å². The molecular weight excluding hydrogens is 624 g/mol. The van der Waals surface area contributed by atoms with E-state index in [0.717, 1.165) is 27.8 Å². The highest BCUT2D eigenvalue weighted by Crippen LogP contribution is 2.46. The number of hydrogen-bond donors (Lipinski definition) is 1. The van der Waals surface area contributed by atoms with E-state index in [1.54, 1.807) is 50.0 Å². The van der Waals surface area contributed by atoms with Crippen LogP contribution in [0.3, 0.4) is 0 Å². The van der Waals surface area contributed by atoms with Gasteiger partial charge in [-0.25, -0.2) is 4.98 Å². The summed E-state index contributed by atoms with van der Waals surface area (Å²) in [6, 6.07) is 34.5. The van der Waals surface area contributed by atoms with Crippen LogP contribution in [0, 0.1) is 0 Å². The number of benzene rings is 4. The molecule has 1 N–H and O–H groups in total. The van der Waals surface area contributed by atoms with Crippen molar-refractivity contribution in [1.82, 2.24) is 19.9 Å². The number of ketones is 2. The molecule has 0 fully saturated rings. The van der Waals surface area contributed by atoms with Gasteiger partial charge in [0.25, 0.3) is 0 Å². The molecule has 3 aromatic heterocycles. The van der Waals surface area contributed by atoms with Crippen LogP contribution < -0.4 is 9.47 Å². The third-order valence-corrected chi connectivity index (χ3v) is 9.38. The smallest absolute Gasteiger partial charge is 0.182 e. The van der Waals surface area contributed by atoms with Gasteiger partial charge in [0.15, 0.2) is 11.6 Å². The van der Waals surface area contributed by atoms with Crippen molar-refractivity contribution in [2.45, 2.75) is 24.9 Å². The molecule has 244 valence electrons. The van der Waals surface area contributed by atoms with Crippen LogP contribution >= 0.6 is 0 Å². The van der Waals surface area contributed by atoms with Crippen molar-refractivity contribution in [2.75, 3.05) is 7.11 Å². The molecule has 0 aliphatic heterocycles. The number of methoxy groups -OCH3 is 1. The lowest BCUT2D eigenvalue weighted by Gasteiger charge is -2.27. The van der Waals surface area contributed by atoms with Gasteiger partial charge in [-0.2, -0.15) is 0 Å². The second kappa shape index (κ2) is 12.9. The third kappa shape index (κ3) is 5.50. The summed E-state index contributed by atoms with van der Waals surface area (Å²) in [6.45, 7) is 0.339. The second-order valence-electron chi connectivity index (χ2n) is 12.4. The van der Waals surface area contributed by atoms with E-state index in [1.165, 1.54) is 0 Å². The van der Waals surface area contributed by atoms with Crippen molar-refractivity contribution >= 4 is 22.6 Å². The van der Waals surface area contributed by atoms with Crippen molar-refractivity contribution < 1.29 is 19.1 Å². The Hall–Kier alpha value is -6.41. The average molecular weight is 657 g/mol. The van der Waals surface area contributed by atoms with E-state index in [-0.39, 0.29) is 18.0 Å². The van der Waals surface area contributed by atoms with Gasteiger partial charge in [-0.1, -0.05) is 66.7 Å². The van der Waals surface area contributed by atoms with Crippen LogP contribution in [0.1, 0.15) is 48.8 Å². The van der Waals surface area contributed by atoms with Crippen molar-refractivity contribution in [1.29, 1.82) is 0 Å². The molecule has 0 saturated heterocycles. The molecule has 0 saturated carbocycles. The maximum atomic E-state index is 14.8. The highest BCUT2D eigenvalue weighted by Gasteiger charge is 2.55. The number of H-pyrrole nitrogens is 1. The predicted octanol–water partition coefficient (Wildman–Crippen LogP) is 7.76. The van der Waals surface area contributed by atoms with Gasteiger partial charge in [-0.3, -0.25) is 19.6 Å². The number of fused-ring (bicyclic) bond motifs is 2. The molecule has 0 radical (unpaired) electrons. The molecule has 50 heavy (non-hydrogen) atoms. The Balaban J connectivity index is 1.20. The molecule has 8 heteroatoms. The average Bonchev–Trinajstić information content (AvgIpc) is 3.68. The Kier molecular flexibility index (Phi) is 7.97. The summed E-state index contributed by atoms with van der Waals surface area (Å²) < 4.78 is 11.8. The summed E-state index contributed by atoms with van der Waals surface area (Å²) in [5, 5.41) is 0. The number of carbonyl (C=O) groups is 2. The SMILES string of the molecule is COc1ccc(C2(Cc3ccncc3)C(=O)c3ccc(OCc4ccccc4)cc3C2=O)c2nc(Cc3ccc(-c4cccnc4)cc3)[nH]c12. The van der Waals surface area contributed by atoms with Gasteiger partial charge in [0.2, 0.25) is 0 Å². The number of carbonyl (C=O) groups excluding carboxylic acids is 2. The fraction of sp³-hybridized carbons (Fsp3) is 0.119. The molecule has 0 bridgehead atoms. The first-order chi connectivity index (χ1) is 24.5. The minimum atomic E-state index is -1.57. The number of pyridine rings is 2. The Morgan fingerprint density at radius 2 is 1.50 bits per heavy atom. The van der Waals surface area contributed by atoms with Crippen molar-refractivity contribution in [3.63, 3.8) is 0 Å². The molecule has 0 amide bonds. The highest BCUT2D eigenvalue weighted by atomic mass is 16.5. The van der Waals surface area contributed by atoms with Gasteiger partial charge < -0.3 is 14.5 Å². The van der Waals surface area contributed by atoms with Crippen LogP contribution in [-0.4, -0.2) is 38.6 Å². The van der Waals surface area contributed by atoms with Gasteiger partial charge in [0, 0.05) is 47.9 Å². The van der Waals surface area contributed by atoms with E-state index in [9.17, 15) is 9.59 Å². The van der Waals surface area contributed by atoms with E-state index in [1.807, 2.05) is 66.9 Å². The van der Waals surface area contributed by atoms with Crippen LogP contribution in [0.4, 0.5) is 0 Å². The minimum Gasteiger partial charge on any atom is -0.494 e. The predicted molar refractivity (Wildman–Crippen MR) is 191 cm³/mol. The van der Waals surface area contributed by atoms with E-state index in [4.69, 9.17) is 14.5 Å². The van der Waals surface area contributed by atoms with Gasteiger partial charge in [0.1, 0.15) is 34.9 Å². The number of aromatic amines is 1. The van der Waals surface area contributed by atoms with Crippen LogP contribution in [0.5, 0.6) is 11.5 Å². The van der Waals surface area contributed by atoms with Crippen LogP contribution in [0.25, 0.3) is 22.2 Å². The first kappa shape index (κ1) is 30.9. The van der Waals surface area contributed by atoms with Gasteiger partial charge in [-0.05, 0) is 76.7 Å². The molecule has 8 nitrogen and oxygen atoms in total. The zero-order valence-corrected chi connectivity index (χ0v) is 27.3. The maximum absolute atomic E-state index is 14.8. The second-order valence-corrected chi connectivity index (χ2v) is 12.4. The molecule has 1 aliphatic carbocycles. The minimum absolute atomic E-state index is 0.140. The number of ether oxygens (including phenoxy) is 2. The Labute approximate surface area is 288 Å². The number of aromatic nitrogens is 4. The number of imidazole rings is 1. The topological polar surface area (TPSA) is 107 Å². The molecule has 7 aromatic rings. The quantitative estimate of drug-likeness (QED) is 0.150. The van der Waals surface area contributed by atoms with Crippen LogP contribution in [-0.2, 0) is 24.9 Å². The monoisotopic (exact) mass is 656 g/mol. The summed E-state index contributed by atoms with van der Waals surface area (Å²) in [7, 11) is 1.59. The van der Waals surface area contributed by atoms with E-state index in [2.05, 4.69) is 39.2 Å². The van der Waals surface area contributed by atoms with Crippen LogP contribution in [0.15, 0.2) is 134 Å². The Bertz CT molecular complexity index is 2340. The lowest BCUT2D eigenvalue weighted by molar-refractivity contribution is 0.0794. The normalized spacial score (nSPS) is 15.3. The number of Topliss-reactive ketones (excluding diaryl/α,β-unsaturated/α-hetero) is 2. The molecule has 4 aromatic carbocycles. The Morgan fingerprint density at radius 3 is 2.26 bits per heavy atom. The van der Waals surface area contributed by atoms with Crippen LogP contribution in [0.2, 0.25) is 0 Å². The van der Waals surface area contributed by atoms with Crippen molar-refractivity contribution in [3.8, 4) is 22.6 Å².